The molecule has 24 heavy (non-hydrogen) atoms. The smallest absolute Gasteiger partial charge is 0.270 e. The molecule has 0 unspecified atom stereocenters. The van der Waals surface area contributed by atoms with Gasteiger partial charge in [0.2, 0.25) is 0 Å². The van der Waals surface area contributed by atoms with E-state index in [0.717, 1.165) is 22.4 Å². The summed E-state index contributed by atoms with van der Waals surface area (Å²) in [7, 11) is 1.89. The fraction of sp³-hybridized carbons (Fsp3) is 0.167. The first-order valence-electron chi connectivity index (χ1n) is 7.67. The maximum absolute atomic E-state index is 12.5. The zero-order chi connectivity index (χ0) is 16.9. The van der Waals surface area contributed by atoms with E-state index in [0.29, 0.717) is 18.8 Å². The summed E-state index contributed by atoms with van der Waals surface area (Å²) in [6.45, 7) is 0.813. The van der Waals surface area contributed by atoms with Gasteiger partial charge in [0.15, 0.2) is 0 Å². The van der Waals surface area contributed by atoms with Crippen molar-refractivity contribution < 1.29 is 4.79 Å². The molecule has 0 fully saturated rings. The number of carbonyl (C=O) groups is 1. The van der Waals surface area contributed by atoms with Crippen LogP contribution in [-0.4, -0.2) is 20.4 Å². The molecule has 122 valence electrons. The van der Waals surface area contributed by atoms with Crippen LogP contribution in [0.5, 0.6) is 0 Å². The van der Waals surface area contributed by atoms with Gasteiger partial charge in [-0.05, 0) is 23.3 Å². The second-order valence-electron chi connectivity index (χ2n) is 5.52. The summed E-state index contributed by atoms with van der Waals surface area (Å²) in [6.07, 6.45) is 5.18. The number of nitrogens with one attached hydrogen (secondary N) is 1. The van der Waals surface area contributed by atoms with Crippen LogP contribution < -0.4 is 11.1 Å². The summed E-state index contributed by atoms with van der Waals surface area (Å²) in [5, 5.41) is 2.87. The molecule has 0 radical (unpaired) electrons. The second-order valence-corrected chi connectivity index (χ2v) is 5.52. The monoisotopic (exact) mass is 321 g/mol. The third-order valence-electron chi connectivity index (χ3n) is 3.68. The zero-order valence-electron chi connectivity index (χ0n) is 13.4. The number of pyridine rings is 1. The van der Waals surface area contributed by atoms with E-state index in [1.54, 1.807) is 12.5 Å². The highest BCUT2D eigenvalue weighted by Crippen LogP contribution is 2.23. The summed E-state index contributed by atoms with van der Waals surface area (Å²) in [6, 6.07) is 11.5. The largest absolute Gasteiger partial charge is 0.345 e. The Balaban J connectivity index is 1.84. The molecule has 0 saturated carbocycles. The van der Waals surface area contributed by atoms with Crippen LogP contribution in [0.15, 0.2) is 55.1 Å². The van der Waals surface area contributed by atoms with Gasteiger partial charge in [-0.3, -0.25) is 9.78 Å². The van der Waals surface area contributed by atoms with E-state index < -0.39 is 0 Å². The van der Waals surface area contributed by atoms with E-state index in [9.17, 15) is 4.79 Å². The Labute approximate surface area is 140 Å². The van der Waals surface area contributed by atoms with E-state index in [4.69, 9.17) is 5.73 Å². The molecule has 0 saturated heterocycles. The molecule has 1 amide bonds. The summed E-state index contributed by atoms with van der Waals surface area (Å²) in [4.78, 5) is 21.0. The van der Waals surface area contributed by atoms with Crippen LogP contribution in [0.2, 0.25) is 0 Å². The van der Waals surface area contributed by atoms with Crippen molar-refractivity contribution in [2.24, 2.45) is 12.8 Å². The number of aromatic nitrogens is 3. The Bertz CT molecular complexity index is 856. The summed E-state index contributed by atoms with van der Waals surface area (Å²) < 4.78 is 1.84. The first kappa shape index (κ1) is 15.9. The number of nitrogens with two attached hydrogens (primary N) is 1. The molecule has 6 nitrogen and oxygen atoms in total. The lowest BCUT2D eigenvalue weighted by Crippen LogP contribution is -2.24. The van der Waals surface area contributed by atoms with Crippen LogP contribution in [0.3, 0.4) is 0 Å². The van der Waals surface area contributed by atoms with Crippen LogP contribution in [0.25, 0.3) is 11.1 Å². The number of benzene rings is 1. The number of rotatable bonds is 5. The van der Waals surface area contributed by atoms with Gasteiger partial charge in [0.25, 0.3) is 5.91 Å². The number of hydrogen-bond acceptors (Lipinski definition) is 4. The third-order valence-corrected chi connectivity index (χ3v) is 3.68. The van der Waals surface area contributed by atoms with Crippen molar-refractivity contribution in [1.29, 1.82) is 0 Å². The number of imidazole rings is 1. The van der Waals surface area contributed by atoms with Gasteiger partial charge in [0.05, 0.1) is 18.6 Å². The highest BCUT2D eigenvalue weighted by atomic mass is 16.1. The van der Waals surface area contributed by atoms with E-state index in [1.807, 2.05) is 54.2 Å². The number of carbonyl (C=O) groups excluding carboxylic acids is 1. The standard InChI is InChI=1S/C18H19N5O/c1-23-11-15(22-12-23)10-21-18(24)17-16(6-3-7-20-17)14-5-2-4-13(8-14)9-19/h2-8,11-12H,9-10,19H2,1H3,(H,21,24). The number of aryl methyl sites for hydroxylation is 1. The summed E-state index contributed by atoms with van der Waals surface area (Å²) in [5.74, 6) is -0.227. The quantitative estimate of drug-likeness (QED) is 0.751. The molecule has 0 spiro atoms. The van der Waals surface area contributed by atoms with Gasteiger partial charge in [0.1, 0.15) is 5.69 Å². The van der Waals surface area contributed by atoms with Gasteiger partial charge < -0.3 is 15.6 Å². The van der Waals surface area contributed by atoms with Crippen molar-refractivity contribution in [3.63, 3.8) is 0 Å². The van der Waals surface area contributed by atoms with Gasteiger partial charge in [-0.1, -0.05) is 24.3 Å². The van der Waals surface area contributed by atoms with E-state index >= 15 is 0 Å². The van der Waals surface area contributed by atoms with Crippen molar-refractivity contribution in [3.8, 4) is 11.1 Å². The van der Waals surface area contributed by atoms with Crippen LogP contribution in [-0.2, 0) is 20.1 Å². The lowest BCUT2D eigenvalue weighted by molar-refractivity contribution is 0.0946. The molecule has 0 bridgehead atoms. The maximum atomic E-state index is 12.5. The van der Waals surface area contributed by atoms with Crippen LogP contribution >= 0.6 is 0 Å². The van der Waals surface area contributed by atoms with Gasteiger partial charge >= 0.3 is 0 Å². The number of amides is 1. The number of nitrogens with zero attached hydrogens (tertiary/aromatic N) is 3. The van der Waals surface area contributed by atoms with Gasteiger partial charge in [0, 0.05) is 31.5 Å². The van der Waals surface area contributed by atoms with Crippen LogP contribution in [0, 0.1) is 0 Å². The molecule has 3 N–H and O–H groups in total. The first-order valence-corrected chi connectivity index (χ1v) is 7.67. The Morgan fingerprint density at radius 1 is 1.25 bits per heavy atom. The summed E-state index contributed by atoms with van der Waals surface area (Å²) >= 11 is 0. The van der Waals surface area contributed by atoms with Crippen LogP contribution in [0.4, 0.5) is 0 Å². The Morgan fingerprint density at radius 2 is 2.12 bits per heavy atom. The fourth-order valence-corrected chi connectivity index (χ4v) is 2.50. The number of hydrogen-bond donors (Lipinski definition) is 2. The predicted molar refractivity (Wildman–Crippen MR) is 91.9 cm³/mol. The molecule has 0 aliphatic heterocycles. The minimum Gasteiger partial charge on any atom is -0.345 e. The van der Waals surface area contributed by atoms with Gasteiger partial charge in [-0.15, -0.1) is 0 Å². The minimum atomic E-state index is -0.227. The molecule has 2 aromatic heterocycles. The molecule has 0 aliphatic carbocycles. The normalized spacial score (nSPS) is 10.6. The SMILES string of the molecule is Cn1cnc(CNC(=O)c2ncccc2-c2cccc(CN)c2)c1. The van der Waals surface area contributed by atoms with E-state index in [1.165, 1.54) is 0 Å². The maximum Gasteiger partial charge on any atom is 0.270 e. The van der Waals surface area contributed by atoms with Gasteiger partial charge in [-0.2, -0.15) is 0 Å². The second kappa shape index (κ2) is 7.06. The zero-order valence-corrected chi connectivity index (χ0v) is 13.4. The lowest BCUT2D eigenvalue weighted by atomic mass is 10.0. The Morgan fingerprint density at radius 3 is 2.88 bits per heavy atom. The Kier molecular flexibility index (Phi) is 4.67. The molecular weight excluding hydrogens is 302 g/mol. The fourth-order valence-electron chi connectivity index (χ4n) is 2.50. The minimum absolute atomic E-state index is 0.227. The molecule has 3 aromatic rings. The van der Waals surface area contributed by atoms with Crippen molar-refractivity contribution in [1.82, 2.24) is 19.9 Å². The first-order chi connectivity index (χ1) is 11.7. The average molecular weight is 321 g/mol. The molecule has 3 rings (SSSR count). The van der Waals surface area contributed by atoms with E-state index in [2.05, 4.69) is 15.3 Å². The lowest BCUT2D eigenvalue weighted by Gasteiger charge is -2.10. The third kappa shape index (κ3) is 3.49. The summed E-state index contributed by atoms with van der Waals surface area (Å²) in [5.41, 5.74) is 9.61. The van der Waals surface area contributed by atoms with Crippen molar-refractivity contribution in [2.45, 2.75) is 13.1 Å². The highest BCUT2D eigenvalue weighted by molar-refractivity contribution is 5.98. The highest BCUT2D eigenvalue weighted by Gasteiger charge is 2.14. The molecular formula is C18H19N5O. The predicted octanol–water partition coefficient (Wildman–Crippen LogP) is 1.87. The molecule has 0 aliphatic rings. The topological polar surface area (TPSA) is 85.8 Å². The molecule has 6 heteroatoms. The van der Waals surface area contributed by atoms with Crippen molar-refractivity contribution >= 4 is 5.91 Å². The van der Waals surface area contributed by atoms with E-state index in [-0.39, 0.29) is 5.91 Å². The average Bonchev–Trinajstić information content (AvgIpc) is 3.05. The Hall–Kier alpha value is -2.99. The van der Waals surface area contributed by atoms with Crippen LogP contribution in [0.1, 0.15) is 21.7 Å². The molecule has 1 aromatic carbocycles. The van der Waals surface area contributed by atoms with Crippen molar-refractivity contribution in [3.05, 3.63) is 72.1 Å². The molecule has 2 heterocycles. The molecule has 0 atom stereocenters. The van der Waals surface area contributed by atoms with Gasteiger partial charge in [-0.25, -0.2) is 4.98 Å². The van der Waals surface area contributed by atoms with Crippen molar-refractivity contribution in [2.75, 3.05) is 0 Å².